The van der Waals surface area contributed by atoms with E-state index >= 15 is 0 Å². The summed E-state index contributed by atoms with van der Waals surface area (Å²) >= 11 is 7.24. The van der Waals surface area contributed by atoms with Gasteiger partial charge in [-0.25, -0.2) is 4.98 Å². The molecule has 0 saturated heterocycles. The van der Waals surface area contributed by atoms with Crippen LogP contribution in [0.2, 0.25) is 5.15 Å². The summed E-state index contributed by atoms with van der Waals surface area (Å²) in [7, 11) is 0. The molecule has 0 fully saturated rings. The number of rotatable bonds is 1. The van der Waals surface area contributed by atoms with E-state index in [-0.39, 0.29) is 0 Å². The summed E-state index contributed by atoms with van der Waals surface area (Å²) in [5, 5.41) is 2.43. The molecule has 0 radical (unpaired) electrons. The Morgan fingerprint density at radius 2 is 2.17 bits per heavy atom. The second-order valence-corrected chi connectivity index (χ2v) is 3.54. The minimum Gasteiger partial charge on any atom is -0.251 e. The van der Waals surface area contributed by atoms with Crippen molar-refractivity contribution < 1.29 is 0 Å². The molecule has 2 rings (SSSR count). The van der Waals surface area contributed by atoms with Crippen LogP contribution in [0.3, 0.4) is 0 Å². The third kappa shape index (κ3) is 1.47. The number of hydrogen-bond acceptors (Lipinski definition) is 3. The van der Waals surface area contributed by atoms with Gasteiger partial charge in [0.1, 0.15) is 5.15 Å². The predicted molar refractivity (Wildman–Crippen MR) is 50.4 cm³/mol. The van der Waals surface area contributed by atoms with Crippen molar-refractivity contribution >= 4 is 22.9 Å². The Hall–Kier alpha value is -0.930. The van der Waals surface area contributed by atoms with Gasteiger partial charge in [-0.2, -0.15) is 0 Å². The summed E-state index contributed by atoms with van der Waals surface area (Å²) in [5.41, 5.74) is 0.870. The number of thiophene rings is 1. The van der Waals surface area contributed by atoms with E-state index in [4.69, 9.17) is 11.6 Å². The maximum absolute atomic E-state index is 5.60. The predicted octanol–water partition coefficient (Wildman–Crippen LogP) is 2.86. The Bertz CT molecular complexity index is 355. The standard InChI is InChI=1S/C8H5ClN2S/c9-8-5-10-6(4-11-8)7-2-1-3-12-7/h1-5H. The molecule has 0 aromatic carbocycles. The molecular weight excluding hydrogens is 192 g/mol. The average molecular weight is 197 g/mol. The van der Waals surface area contributed by atoms with E-state index in [1.165, 1.54) is 0 Å². The highest BCUT2D eigenvalue weighted by atomic mass is 35.5. The molecule has 0 aliphatic rings. The van der Waals surface area contributed by atoms with E-state index in [0.717, 1.165) is 10.6 Å². The first-order valence-electron chi connectivity index (χ1n) is 3.38. The zero-order valence-corrected chi connectivity index (χ0v) is 7.64. The van der Waals surface area contributed by atoms with Crippen molar-refractivity contribution in [1.29, 1.82) is 0 Å². The molecule has 0 spiro atoms. The molecule has 0 N–H and O–H groups in total. The minimum atomic E-state index is 0.426. The Labute approximate surface area is 78.9 Å². The lowest BCUT2D eigenvalue weighted by Crippen LogP contribution is -1.81. The maximum Gasteiger partial charge on any atom is 0.147 e. The van der Waals surface area contributed by atoms with Gasteiger partial charge in [-0.05, 0) is 11.4 Å². The highest BCUT2D eigenvalue weighted by molar-refractivity contribution is 7.13. The molecule has 0 aliphatic carbocycles. The van der Waals surface area contributed by atoms with Crippen molar-refractivity contribution in [3.05, 3.63) is 35.1 Å². The van der Waals surface area contributed by atoms with Crippen LogP contribution in [0.5, 0.6) is 0 Å². The lowest BCUT2D eigenvalue weighted by atomic mass is 10.4. The first-order chi connectivity index (χ1) is 5.86. The van der Waals surface area contributed by atoms with Crippen LogP contribution in [0, 0.1) is 0 Å². The Kier molecular flexibility index (Phi) is 2.06. The lowest BCUT2D eigenvalue weighted by molar-refractivity contribution is 1.21. The second kappa shape index (κ2) is 3.21. The monoisotopic (exact) mass is 196 g/mol. The van der Waals surface area contributed by atoms with E-state index in [2.05, 4.69) is 9.97 Å². The fourth-order valence-corrected chi connectivity index (χ4v) is 1.65. The van der Waals surface area contributed by atoms with Gasteiger partial charge in [-0.15, -0.1) is 11.3 Å². The van der Waals surface area contributed by atoms with E-state index in [0.29, 0.717) is 5.15 Å². The molecule has 0 saturated carbocycles. The van der Waals surface area contributed by atoms with Gasteiger partial charge in [0.25, 0.3) is 0 Å². The molecule has 0 bridgehead atoms. The smallest absolute Gasteiger partial charge is 0.147 e. The molecule has 0 amide bonds. The largest absolute Gasteiger partial charge is 0.251 e. The minimum absolute atomic E-state index is 0.426. The van der Waals surface area contributed by atoms with Gasteiger partial charge in [0.2, 0.25) is 0 Å². The Morgan fingerprint density at radius 3 is 2.75 bits per heavy atom. The fraction of sp³-hybridized carbons (Fsp3) is 0. The highest BCUT2D eigenvalue weighted by Gasteiger charge is 1.99. The van der Waals surface area contributed by atoms with Crippen LogP contribution in [0.15, 0.2) is 29.9 Å². The summed E-state index contributed by atoms with van der Waals surface area (Å²) in [4.78, 5) is 9.19. The fourth-order valence-electron chi connectivity index (χ4n) is 0.864. The number of hydrogen-bond donors (Lipinski definition) is 0. The second-order valence-electron chi connectivity index (χ2n) is 2.20. The lowest BCUT2D eigenvalue weighted by Gasteiger charge is -1.93. The Balaban J connectivity index is 2.43. The number of halogens is 1. The summed E-state index contributed by atoms with van der Waals surface area (Å²) in [5.74, 6) is 0. The molecular formula is C8H5ClN2S. The first-order valence-corrected chi connectivity index (χ1v) is 4.63. The van der Waals surface area contributed by atoms with Crippen molar-refractivity contribution in [1.82, 2.24) is 9.97 Å². The third-order valence-electron chi connectivity index (χ3n) is 1.39. The van der Waals surface area contributed by atoms with Gasteiger partial charge in [-0.3, -0.25) is 4.98 Å². The SMILES string of the molecule is Clc1cnc(-c2cccs2)cn1. The Morgan fingerprint density at radius 1 is 1.25 bits per heavy atom. The summed E-state index contributed by atoms with van der Waals surface area (Å²) in [6.45, 7) is 0. The van der Waals surface area contributed by atoms with Crippen LogP contribution < -0.4 is 0 Å². The first kappa shape index (κ1) is 7.71. The quantitative estimate of drug-likeness (QED) is 0.701. The van der Waals surface area contributed by atoms with Gasteiger partial charge in [0.05, 0.1) is 23.0 Å². The highest BCUT2D eigenvalue weighted by Crippen LogP contribution is 2.21. The number of nitrogens with zero attached hydrogens (tertiary/aromatic N) is 2. The molecule has 2 aromatic rings. The van der Waals surface area contributed by atoms with Crippen LogP contribution in [-0.4, -0.2) is 9.97 Å². The number of aromatic nitrogens is 2. The van der Waals surface area contributed by atoms with Crippen molar-refractivity contribution in [2.75, 3.05) is 0 Å². The van der Waals surface area contributed by atoms with E-state index < -0.39 is 0 Å². The van der Waals surface area contributed by atoms with Crippen LogP contribution in [-0.2, 0) is 0 Å². The van der Waals surface area contributed by atoms with Crippen molar-refractivity contribution in [3.8, 4) is 10.6 Å². The van der Waals surface area contributed by atoms with Crippen LogP contribution in [0.4, 0.5) is 0 Å². The van der Waals surface area contributed by atoms with Gasteiger partial charge in [0.15, 0.2) is 0 Å². The maximum atomic E-state index is 5.60. The molecule has 4 heteroatoms. The van der Waals surface area contributed by atoms with Gasteiger partial charge < -0.3 is 0 Å². The third-order valence-corrected chi connectivity index (χ3v) is 2.48. The summed E-state index contributed by atoms with van der Waals surface area (Å²) < 4.78 is 0. The van der Waals surface area contributed by atoms with Gasteiger partial charge in [-0.1, -0.05) is 17.7 Å². The van der Waals surface area contributed by atoms with Crippen molar-refractivity contribution in [2.24, 2.45) is 0 Å². The van der Waals surface area contributed by atoms with Crippen LogP contribution in [0.1, 0.15) is 0 Å². The molecule has 12 heavy (non-hydrogen) atoms. The van der Waals surface area contributed by atoms with Gasteiger partial charge in [0, 0.05) is 0 Å². The van der Waals surface area contributed by atoms with Crippen LogP contribution >= 0.6 is 22.9 Å². The van der Waals surface area contributed by atoms with E-state index in [9.17, 15) is 0 Å². The average Bonchev–Trinajstić information content (AvgIpc) is 2.58. The molecule has 2 nitrogen and oxygen atoms in total. The van der Waals surface area contributed by atoms with E-state index in [1.54, 1.807) is 23.7 Å². The van der Waals surface area contributed by atoms with Gasteiger partial charge >= 0.3 is 0 Å². The summed E-state index contributed by atoms with van der Waals surface area (Å²) in [6, 6.07) is 3.98. The molecule has 2 heterocycles. The topological polar surface area (TPSA) is 25.8 Å². The molecule has 2 aromatic heterocycles. The van der Waals surface area contributed by atoms with Crippen molar-refractivity contribution in [3.63, 3.8) is 0 Å². The molecule has 0 unspecified atom stereocenters. The summed E-state index contributed by atoms with van der Waals surface area (Å²) in [6.07, 6.45) is 3.23. The normalized spacial score (nSPS) is 10.1. The molecule has 0 atom stereocenters. The van der Waals surface area contributed by atoms with Crippen LogP contribution in [0.25, 0.3) is 10.6 Å². The van der Waals surface area contributed by atoms with Crippen molar-refractivity contribution in [2.45, 2.75) is 0 Å². The van der Waals surface area contributed by atoms with E-state index in [1.807, 2.05) is 17.5 Å². The zero-order chi connectivity index (χ0) is 8.39. The molecule has 0 aliphatic heterocycles. The zero-order valence-electron chi connectivity index (χ0n) is 6.07. The molecule has 60 valence electrons.